The van der Waals surface area contributed by atoms with Crippen molar-refractivity contribution in [1.82, 2.24) is 0 Å². The molecule has 0 saturated carbocycles. The zero-order valence-corrected chi connectivity index (χ0v) is 14.0. The number of methoxy groups -OCH3 is 2. The molecule has 4 nitrogen and oxygen atoms in total. The van der Waals surface area contributed by atoms with Gasteiger partial charge >= 0.3 is 0 Å². The maximum atomic E-state index is 12.1. The van der Waals surface area contributed by atoms with Crippen LogP contribution in [-0.2, 0) is 4.79 Å². The molecule has 120 valence electrons. The van der Waals surface area contributed by atoms with Crippen molar-refractivity contribution in [2.75, 3.05) is 19.5 Å². The van der Waals surface area contributed by atoms with E-state index in [1.54, 1.807) is 18.2 Å². The number of halogens is 1. The molecule has 0 aromatic heterocycles. The first-order valence-electron chi connectivity index (χ1n) is 7.01. The molecule has 0 aliphatic carbocycles. The molecule has 0 aliphatic heterocycles. The number of benzene rings is 2. The van der Waals surface area contributed by atoms with E-state index in [-0.39, 0.29) is 5.91 Å². The molecule has 0 saturated heterocycles. The Morgan fingerprint density at radius 2 is 1.83 bits per heavy atom. The number of anilines is 1. The summed E-state index contributed by atoms with van der Waals surface area (Å²) in [5, 5.41) is 3.18. The van der Waals surface area contributed by atoms with E-state index in [4.69, 9.17) is 21.1 Å². The summed E-state index contributed by atoms with van der Waals surface area (Å²) in [5.41, 5.74) is 2.58. The Labute approximate surface area is 140 Å². The number of nitrogens with one attached hydrogen (secondary N) is 1. The second-order valence-electron chi connectivity index (χ2n) is 4.87. The average molecular weight is 332 g/mol. The predicted octanol–water partition coefficient (Wildman–Crippen LogP) is 4.32. The van der Waals surface area contributed by atoms with Gasteiger partial charge in [-0.1, -0.05) is 35.9 Å². The first-order valence-corrected chi connectivity index (χ1v) is 7.39. The lowest BCUT2D eigenvalue weighted by Gasteiger charge is -2.12. The fraction of sp³-hybridized carbons (Fsp3) is 0.167. The molecule has 0 fully saturated rings. The van der Waals surface area contributed by atoms with E-state index in [1.165, 1.54) is 20.3 Å². The first-order chi connectivity index (χ1) is 11.0. The number of carbonyl (C=O) groups is 1. The van der Waals surface area contributed by atoms with Crippen molar-refractivity contribution in [1.29, 1.82) is 0 Å². The Balaban J connectivity index is 2.18. The second-order valence-corrected chi connectivity index (χ2v) is 5.27. The molecule has 0 spiro atoms. The van der Waals surface area contributed by atoms with Gasteiger partial charge in [0.1, 0.15) is 11.5 Å². The highest BCUT2D eigenvalue weighted by Gasteiger charge is 2.11. The Kier molecular flexibility index (Phi) is 5.66. The van der Waals surface area contributed by atoms with Crippen LogP contribution < -0.4 is 14.8 Å². The van der Waals surface area contributed by atoms with Crippen LogP contribution >= 0.6 is 11.6 Å². The zero-order valence-electron chi connectivity index (χ0n) is 13.2. The normalized spacial score (nSPS) is 10.6. The Bertz CT molecular complexity index is 741. The second kappa shape index (κ2) is 7.70. The van der Waals surface area contributed by atoms with Crippen LogP contribution in [0.4, 0.5) is 5.69 Å². The van der Waals surface area contributed by atoms with Crippen molar-refractivity contribution >= 4 is 29.3 Å². The molecule has 1 amide bonds. The highest BCUT2D eigenvalue weighted by molar-refractivity contribution is 6.32. The minimum absolute atomic E-state index is 0.268. The number of aryl methyl sites for hydroxylation is 1. The quantitative estimate of drug-likeness (QED) is 0.830. The van der Waals surface area contributed by atoms with E-state index < -0.39 is 0 Å². The van der Waals surface area contributed by atoms with Crippen LogP contribution in [0, 0.1) is 6.92 Å². The van der Waals surface area contributed by atoms with Gasteiger partial charge in [0.05, 0.1) is 24.9 Å². The van der Waals surface area contributed by atoms with Gasteiger partial charge in [-0.05, 0) is 24.1 Å². The van der Waals surface area contributed by atoms with Crippen LogP contribution in [0.25, 0.3) is 6.08 Å². The van der Waals surface area contributed by atoms with Gasteiger partial charge in [-0.15, -0.1) is 0 Å². The van der Waals surface area contributed by atoms with Gasteiger partial charge in [0.15, 0.2) is 0 Å². The van der Waals surface area contributed by atoms with Gasteiger partial charge < -0.3 is 14.8 Å². The van der Waals surface area contributed by atoms with Crippen LogP contribution in [-0.4, -0.2) is 20.1 Å². The Morgan fingerprint density at radius 1 is 1.13 bits per heavy atom. The summed E-state index contributed by atoms with van der Waals surface area (Å²) < 4.78 is 10.4. The lowest BCUT2D eigenvalue weighted by atomic mass is 10.1. The summed E-state index contributed by atoms with van der Waals surface area (Å²) in [5.74, 6) is 0.662. The van der Waals surface area contributed by atoms with Gasteiger partial charge in [0.2, 0.25) is 5.91 Å². The minimum Gasteiger partial charge on any atom is -0.495 e. The van der Waals surface area contributed by atoms with E-state index in [0.29, 0.717) is 22.2 Å². The smallest absolute Gasteiger partial charge is 0.248 e. The number of carbonyl (C=O) groups excluding carboxylic acids is 1. The molecular formula is C18H18ClNO3. The maximum Gasteiger partial charge on any atom is 0.248 e. The van der Waals surface area contributed by atoms with Crippen LogP contribution in [0.15, 0.2) is 42.5 Å². The van der Waals surface area contributed by atoms with Crippen molar-refractivity contribution < 1.29 is 14.3 Å². The van der Waals surface area contributed by atoms with E-state index in [2.05, 4.69) is 5.32 Å². The fourth-order valence-corrected chi connectivity index (χ4v) is 2.30. The van der Waals surface area contributed by atoms with Crippen LogP contribution in [0.2, 0.25) is 5.02 Å². The van der Waals surface area contributed by atoms with E-state index in [0.717, 1.165) is 11.1 Å². The van der Waals surface area contributed by atoms with Crippen molar-refractivity contribution in [2.24, 2.45) is 0 Å². The summed E-state index contributed by atoms with van der Waals surface area (Å²) in [6.07, 6.45) is 3.24. The monoisotopic (exact) mass is 331 g/mol. The van der Waals surface area contributed by atoms with Crippen molar-refractivity contribution in [3.05, 3.63) is 58.6 Å². The van der Waals surface area contributed by atoms with Gasteiger partial charge in [0.25, 0.3) is 0 Å². The lowest BCUT2D eigenvalue weighted by molar-refractivity contribution is -0.111. The van der Waals surface area contributed by atoms with Crippen molar-refractivity contribution in [2.45, 2.75) is 6.92 Å². The summed E-state index contributed by atoms with van der Waals surface area (Å²) >= 11 is 6.04. The standard InChI is InChI=1S/C18H18ClNO3/c1-12-6-4-5-7-13(12)8-9-18(21)20-15-11-16(22-2)14(19)10-17(15)23-3/h4-11H,1-3H3,(H,20,21)/b9-8+. The molecule has 2 aromatic carbocycles. The Morgan fingerprint density at radius 3 is 2.48 bits per heavy atom. The summed E-state index contributed by atoms with van der Waals surface area (Å²) in [6.45, 7) is 1.99. The number of hydrogen-bond acceptors (Lipinski definition) is 3. The molecule has 1 N–H and O–H groups in total. The van der Waals surface area contributed by atoms with Gasteiger partial charge in [0, 0.05) is 18.2 Å². The number of amides is 1. The van der Waals surface area contributed by atoms with Crippen LogP contribution in [0.5, 0.6) is 11.5 Å². The van der Waals surface area contributed by atoms with Crippen molar-refractivity contribution in [3.63, 3.8) is 0 Å². The Hall–Kier alpha value is -2.46. The zero-order chi connectivity index (χ0) is 16.8. The maximum absolute atomic E-state index is 12.1. The molecule has 0 unspecified atom stereocenters. The molecular weight excluding hydrogens is 314 g/mol. The molecule has 0 heterocycles. The molecule has 2 aromatic rings. The van der Waals surface area contributed by atoms with E-state index in [1.807, 2.05) is 31.2 Å². The third-order valence-electron chi connectivity index (χ3n) is 3.33. The van der Waals surface area contributed by atoms with E-state index in [9.17, 15) is 4.79 Å². The number of hydrogen-bond donors (Lipinski definition) is 1. The van der Waals surface area contributed by atoms with Crippen LogP contribution in [0.1, 0.15) is 11.1 Å². The van der Waals surface area contributed by atoms with Gasteiger partial charge in [-0.3, -0.25) is 4.79 Å². The predicted molar refractivity (Wildman–Crippen MR) is 93.4 cm³/mol. The third-order valence-corrected chi connectivity index (χ3v) is 3.63. The van der Waals surface area contributed by atoms with Gasteiger partial charge in [-0.2, -0.15) is 0 Å². The molecule has 0 atom stereocenters. The SMILES string of the molecule is COc1cc(NC(=O)/C=C/c2ccccc2C)c(OC)cc1Cl. The molecule has 0 aliphatic rings. The third kappa shape index (κ3) is 4.27. The first kappa shape index (κ1) is 16.9. The highest BCUT2D eigenvalue weighted by Crippen LogP contribution is 2.35. The summed E-state index contributed by atoms with van der Waals surface area (Å²) in [7, 11) is 3.02. The van der Waals surface area contributed by atoms with Gasteiger partial charge in [-0.25, -0.2) is 0 Å². The van der Waals surface area contributed by atoms with Crippen LogP contribution in [0.3, 0.4) is 0 Å². The molecule has 5 heteroatoms. The topological polar surface area (TPSA) is 47.6 Å². The summed E-state index contributed by atoms with van der Waals surface area (Å²) in [6, 6.07) is 11.0. The lowest BCUT2D eigenvalue weighted by Crippen LogP contribution is -2.09. The number of rotatable bonds is 5. The molecule has 2 rings (SSSR count). The van der Waals surface area contributed by atoms with Crippen molar-refractivity contribution in [3.8, 4) is 11.5 Å². The minimum atomic E-state index is -0.268. The molecule has 0 radical (unpaired) electrons. The molecule has 0 bridgehead atoms. The van der Waals surface area contributed by atoms with E-state index >= 15 is 0 Å². The average Bonchev–Trinajstić information content (AvgIpc) is 2.55. The highest BCUT2D eigenvalue weighted by atomic mass is 35.5. The molecule has 23 heavy (non-hydrogen) atoms. The number of ether oxygens (including phenoxy) is 2. The largest absolute Gasteiger partial charge is 0.495 e. The fourth-order valence-electron chi connectivity index (χ4n) is 2.07. The summed E-state index contributed by atoms with van der Waals surface area (Å²) in [4.78, 5) is 12.1.